The van der Waals surface area contributed by atoms with E-state index < -0.39 is 6.09 Å². The number of hydrogen-bond acceptors (Lipinski definition) is 1. The lowest BCUT2D eigenvalue weighted by Crippen LogP contribution is -2.35. The van der Waals surface area contributed by atoms with E-state index in [1.807, 2.05) is 18.2 Å². The van der Waals surface area contributed by atoms with Crippen LogP contribution in [0.3, 0.4) is 0 Å². The summed E-state index contributed by atoms with van der Waals surface area (Å²) in [5, 5.41) is 8.78. The summed E-state index contributed by atoms with van der Waals surface area (Å²) < 4.78 is 0. The van der Waals surface area contributed by atoms with Crippen LogP contribution in [-0.2, 0) is 0 Å². The summed E-state index contributed by atoms with van der Waals surface area (Å²) in [4.78, 5) is 12.1. The molecule has 0 saturated carbocycles. The molecule has 0 aromatic rings. The SMILES string of the molecule is O=C(O)N1CC=C2CC=CC=C2C1. The Morgan fingerprint density at radius 3 is 3.08 bits per heavy atom. The van der Waals surface area contributed by atoms with E-state index in [2.05, 4.69) is 6.08 Å². The number of carbonyl (C=O) groups is 1. The highest BCUT2D eigenvalue weighted by Crippen LogP contribution is 2.23. The lowest BCUT2D eigenvalue weighted by molar-refractivity contribution is 0.153. The predicted octanol–water partition coefficient (Wildman–Crippen LogP) is 1.79. The fourth-order valence-electron chi connectivity index (χ4n) is 1.62. The Kier molecular flexibility index (Phi) is 1.93. The van der Waals surface area contributed by atoms with E-state index in [4.69, 9.17) is 5.11 Å². The maximum Gasteiger partial charge on any atom is 0.407 e. The molecule has 2 rings (SSSR count). The van der Waals surface area contributed by atoms with Crippen molar-refractivity contribution < 1.29 is 9.90 Å². The van der Waals surface area contributed by atoms with Crippen molar-refractivity contribution in [1.82, 2.24) is 4.90 Å². The molecule has 1 N–H and O–H groups in total. The standard InChI is InChI=1S/C10H11NO2/c12-10(13)11-6-5-8-3-1-2-4-9(8)7-11/h1-2,4-5H,3,6-7H2,(H,12,13). The van der Waals surface area contributed by atoms with Crippen LogP contribution in [0, 0.1) is 0 Å². The molecule has 0 bridgehead atoms. The zero-order valence-electron chi connectivity index (χ0n) is 7.23. The van der Waals surface area contributed by atoms with Crippen molar-refractivity contribution in [3.05, 3.63) is 35.5 Å². The highest BCUT2D eigenvalue weighted by atomic mass is 16.4. The largest absolute Gasteiger partial charge is 0.465 e. The lowest BCUT2D eigenvalue weighted by Gasteiger charge is -2.27. The highest BCUT2D eigenvalue weighted by Gasteiger charge is 2.19. The van der Waals surface area contributed by atoms with Crippen LogP contribution in [-0.4, -0.2) is 29.2 Å². The van der Waals surface area contributed by atoms with E-state index in [1.54, 1.807) is 0 Å². The van der Waals surface area contributed by atoms with Crippen LogP contribution in [0.15, 0.2) is 35.5 Å². The van der Waals surface area contributed by atoms with Gasteiger partial charge in [-0.2, -0.15) is 0 Å². The van der Waals surface area contributed by atoms with E-state index in [9.17, 15) is 4.79 Å². The molecule has 0 unspecified atom stereocenters. The van der Waals surface area contributed by atoms with Crippen LogP contribution < -0.4 is 0 Å². The Labute approximate surface area is 76.7 Å². The molecule has 0 atom stereocenters. The molecule has 0 aromatic carbocycles. The molecule has 3 nitrogen and oxygen atoms in total. The molecule has 0 spiro atoms. The third-order valence-electron chi connectivity index (χ3n) is 2.37. The Morgan fingerprint density at radius 1 is 1.46 bits per heavy atom. The minimum atomic E-state index is -0.842. The van der Waals surface area contributed by atoms with Gasteiger partial charge in [-0.1, -0.05) is 24.3 Å². The zero-order valence-corrected chi connectivity index (χ0v) is 7.23. The van der Waals surface area contributed by atoms with Gasteiger partial charge < -0.3 is 10.0 Å². The molecule has 0 fully saturated rings. The van der Waals surface area contributed by atoms with Crippen molar-refractivity contribution >= 4 is 6.09 Å². The minimum Gasteiger partial charge on any atom is -0.465 e. The van der Waals surface area contributed by atoms with Gasteiger partial charge in [0.25, 0.3) is 0 Å². The zero-order chi connectivity index (χ0) is 9.26. The normalized spacial score (nSPS) is 20.5. The minimum absolute atomic E-state index is 0.524. The number of rotatable bonds is 0. The van der Waals surface area contributed by atoms with Gasteiger partial charge in [0, 0.05) is 13.1 Å². The van der Waals surface area contributed by atoms with Gasteiger partial charge in [0.05, 0.1) is 0 Å². The van der Waals surface area contributed by atoms with Crippen molar-refractivity contribution in [2.75, 3.05) is 13.1 Å². The molecule has 1 amide bonds. The van der Waals surface area contributed by atoms with Crippen molar-refractivity contribution in [2.45, 2.75) is 6.42 Å². The number of amides is 1. The Morgan fingerprint density at radius 2 is 2.31 bits per heavy atom. The van der Waals surface area contributed by atoms with Crippen molar-refractivity contribution in [1.29, 1.82) is 0 Å². The predicted molar refractivity (Wildman–Crippen MR) is 49.5 cm³/mol. The fraction of sp³-hybridized carbons (Fsp3) is 0.300. The number of nitrogens with zero attached hydrogens (tertiary/aromatic N) is 1. The second-order valence-corrected chi connectivity index (χ2v) is 3.22. The molecule has 1 heterocycles. The molecule has 13 heavy (non-hydrogen) atoms. The van der Waals surface area contributed by atoms with Gasteiger partial charge in [0.15, 0.2) is 0 Å². The van der Waals surface area contributed by atoms with Gasteiger partial charge in [-0.25, -0.2) is 4.79 Å². The van der Waals surface area contributed by atoms with Crippen LogP contribution in [0.25, 0.3) is 0 Å². The molecule has 3 heteroatoms. The molecule has 1 aliphatic carbocycles. The molecule has 68 valence electrons. The number of carboxylic acid groups (broad SMARTS) is 1. The Balaban J connectivity index is 2.21. The smallest absolute Gasteiger partial charge is 0.407 e. The van der Waals surface area contributed by atoms with Crippen molar-refractivity contribution in [3.8, 4) is 0 Å². The van der Waals surface area contributed by atoms with Gasteiger partial charge in [-0.15, -0.1) is 0 Å². The number of hydrogen-bond donors (Lipinski definition) is 1. The maximum absolute atomic E-state index is 10.7. The Bertz CT molecular complexity index is 326. The van der Waals surface area contributed by atoms with E-state index in [0.717, 1.165) is 12.0 Å². The Hall–Kier alpha value is -1.51. The molecule has 0 radical (unpaired) electrons. The highest BCUT2D eigenvalue weighted by molar-refractivity contribution is 5.67. The average molecular weight is 177 g/mol. The maximum atomic E-state index is 10.7. The summed E-state index contributed by atoms with van der Waals surface area (Å²) in [6.07, 6.45) is 8.16. The summed E-state index contributed by atoms with van der Waals surface area (Å²) >= 11 is 0. The van der Waals surface area contributed by atoms with E-state index >= 15 is 0 Å². The summed E-state index contributed by atoms with van der Waals surface area (Å²) in [5.74, 6) is 0. The van der Waals surface area contributed by atoms with Crippen LogP contribution in [0.1, 0.15) is 6.42 Å². The van der Waals surface area contributed by atoms with Crippen molar-refractivity contribution in [3.63, 3.8) is 0 Å². The van der Waals surface area contributed by atoms with E-state index in [-0.39, 0.29) is 0 Å². The van der Waals surface area contributed by atoms with Crippen LogP contribution in [0.4, 0.5) is 4.79 Å². The monoisotopic (exact) mass is 177 g/mol. The summed E-state index contributed by atoms with van der Waals surface area (Å²) in [6.45, 7) is 1.06. The molecule has 1 aliphatic heterocycles. The summed E-state index contributed by atoms with van der Waals surface area (Å²) in [7, 11) is 0. The van der Waals surface area contributed by atoms with Gasteiger partial charge in [-0.3, -0.25) is 0 Å². The fourth-order valence-corrected chi connectivity index (χ4v) is 1.62. The first-order chi connectivity index (χ1) is 6.27. The summed E-state index contributed by atoms with van der Waals surface area (Å²) in [6, 6.07) is 0. The van der Waals surface area contributed by atoms with Crippen LogP contribution >= 0.6 is 0 Å². The molecular weight excluding hydrogens is 166 g/mol. The third kappa shape index (κ3) is 1.49. The molecular formula is C10H11NO2. The summed E-state index contributed by atoms with van der Waals surface area (Å²) in [5.41, 5.74) is 2.41. The number of allylic oxidation sites excluding steroid dienone is 3. The lowest BCUT2D eigenvalue weighted by atomic mass is 9.95. The second kappa shape index (κ2) is 3.09. The van der Waals surface area contributed by atoms with Gasteiger partial charge in [-0.05, 0) is 17.6 Å². The van der Waals surface area contributed by atoms with E-state index in [0.29, 0.717) is 13.1 Å². The van der Waals surface area contributed by atoms with E-state index in [1.165, 1.54) is 10.5 Å². The second-order valence-electron chi connectivity index (χ2n) is 3.22. The first-order valence-corrected chi connectivity index (χ1v) is 4.30. The quantitative estimate of drug-likeness (QED) is 0.612. The van der Waals surface area contributed by atoms with Gasteiger partial charge in [0.1, 0.15) is 0 Å². The van der Waals surface area contributed by atoms with Crippen LogP contribution in [0.2, 0.25) is 0 Å². The molecule has 2 aliphatic rings. The number of fused-ring (bicyclic) bond motifs is 1. The van der Waals surface area contributed by atoms with Gasteiger partial charge >= 0.3 is 6.09 Å². The first-order valence-electron chi connectivity index (χ1n) is 4.30. The topological polar surface area (TPSA) is 40.5 Å². The first kappa shape index (κ1) is 8.10. The molecule has 0 aromatic heterocycles. The average Bonchev–Trinajstić information content (AvgIpc) is 2.17. The third-order valence-corrected chi connectivity index (χ3v) is 2.37. The van der Waals surface area contributed by atoms with Crippen molar-refractivity contribution in [2.24, 2.45) is 0 Å². The van der Waals surface area contributed by atoms with Gasteiger partial charge in [0.2, 0.25) is 0 Å². The van der Waals surface area contributed by atoms with Crippen LogP contribution in [0.5, 0.6) is 0 Å². The molecule has 0 saturated heterocycles.